The van der Waals surface area contributed by atoms with Crippen molar-refractivity contribution in [1.82, 2.24) is 14.5 Å². The molecule has 0 aliphatic heterocycles. The molecule has 3 N–H and O–H groups in total. The number of hydrogen-bond donors (Lipinski definition) is 3. The zero-order valence-corrected chi connectivity index (χ0v) is 17.0. The van der Waals surface area contributed by atoms with E-state index in [2.05, 4.69) is 20.6 Å². The fourth-order valence-corrected chi connectivity index (χ4v) is 3.59. The summed E-state index contributed by atoms with van der Waals surface area (Å²) < 4.78 is 73.1. The van der Waals surface area contributed by atoms with E-state index in [1.165, 1.54) is 16.7 Å². The summed E-state index contributed by atoms with van der Waals surface area (Å²) in [4.78, 5) is 20.2. The van der Waals surface area contributed by atoms with E-state index in [1.807, 2.05) is 0 Å². The lowest BCUT2D eigenvalue weighted by Gasteiger charge is -2.13. The molecule has 5 rings (SSSR count). The second kappa shape index (κ2) is 8.58. The number of anilines is 2. The fourth-order valence-electron chi connectivity index (χ4n) is 3.59. The first-order chi connectivity index (χ1) is 19.2. The Balaban J connectivity index is 1.44. The Morgan fingerprint density at radius 3 is 2.91 bits per heavy atom. The van der Waals surface area contributed by atoms with Crippen LogP contribution in [0.4, 0.5) is 16.2 Å². The lowest BCUT2D eigenvalue weighted by molar-refractivity contribution is 0.262. The lowest BCUT2D eigenvalue weighted by atomic mass is 10.2. The average molecular weight is 450 g/mol. The number of amides is 2. The third-order valence-electron chi connectivity index (χ3n) is 5.10. The second-order valence-corrected chi connectivity index (χ2v) is 7.08. The van der Waals surface area contributed by atoms with Crippen molar-refractivity contribution in [2.75, 3.05) is 24.7 Å². The number of fused-ring (bicyclic) bond motifs is 2. The molecular weight excluding hydrogens is 418 g/mol. The third kappa shape index (κ3) is 3.94. The first kappa shape index (κ1) is 13.2. The van der Waals surface area contributed by atoms with Crippen LogP contribution in [0.15, 0.2) is 73.2 Å². The minimum absolute atomic E-state index is 0.144. The molecule has 0 aliphatic rings. The number of nitrogens with one attached hydrogen (secondary N) is 3. The summed E-state index contributed by atoms with van der Waals surface area (Å²) in [6.07, 6.45) is 4.75. The number of hydrogen-bond acceptors (Lipinski definition) is 4. The highest BCUT2D eigenvalue weighted by atomic mass is 16.5. The predicted molar refractivity (Wildman–Crippen MR) is 129 cm³/mol. The minimum Gasteiger partial charge on any atom is -0.497 e. The van der Waals surface area contributed by atoms with Crippen molar-refractivity contribution in [2.24, 2.45) is 0 Å². The Labute approximate surface area is 201 Å². The average Bonchev–Trinajstić information content (AvgIpc) is 3.50. The Bertz CT molecular complexity index is 1740. The molecule has 33 heavy (non-hydrogen) atoms. The number of ether oxygens (including phenoxy) is 2. The molecule has 0 unspecified atom stereocenters. The van der Waals surface area contributed by atoms with Gasteiger partial charge < -0.3 is 29.7 Å². The van der Waals surface area contributed by atoms with E-state index in [1.54, 1.807) is 55.0 Å². The zero-order chi connectivity index (χ0) is 29.6. The van der Waals surface area contributed by atoms with Crippen LogP contribution in [0.25, 0.3) is 21.9 Å². The number of urea groups is 1. The number of rotatable bonds is 6. The molecule has 2 amide bonds. The Morgan fingerprint density at radius 1 is 1.09 bits per heavy atom. The quantitative estimate of drug-likeness (QED) is 0.331. The van der Waals surface area contributed by atoms with E-state index in [0.29, 0.717) is 33.2 Å². The van der Waals surface area contributed by atoms with Crippen molar-refractivity contribution >= 4 is 39.3 Å². The number of nitrogens with zero attached hydrogens (tertiary/aromatic N) is 2. The van der Waals surface area contributed by atoms with E-state index in [-0.39, 0.29) is 17.2 Å². The monoisotopic (exact) mass is 449 g/mol. The van der Waals surface area contributed by atoms with Crippen LogP contribution in [0.5, 0.6) is 11.5 Å². The third-order valence-corrected chi connectivity index (χ3v) is 5.10. The maximum Gasteiger partial charge on any atom is 0.323 e. The van der Waals surface area contributed by atoms with Crippen molar-refractivity contribution in [3.63, 3.8) is 0 Å². The van der Waals surface area contributed by atoms with Crippen molar-refractivity contribution in [3.05, 3.63) is 78.8 Å². The number of carbonyl (C=O) groups is 1. The largest absolute Gasteiger partial charge is 0.497 e. The smallest absolute Gasteiger partial charge is 0.323 e. The van der Waals surface area contributed by atoms with Gasteiger partial charge in [-0.05, 0) is 48.0 Å². The molecule has 0 atom stereocenters. The first-order valence-corrected chi connectivity index (χ1v) is 9.84. The number of aromatic nitrogens is 3. The van der Waals surface area contributed by atoms with E-state index >= 15 is 0 Å². The Kier molecular flexibility index (Phi) is 3.43. The molecule has 0 radical (unpaired) electrons. The molecule has 0 fully saturated rings. The molecule has 5 aromatic rings. The maximum absolute atomic E-state index is 13.0. The van der Waals surface area contributed by atoms with Gasteiger partial charge in [0, 0.05) is 41.9 Å². The van der Waals surface area contributed by atoms with Crippen molar-refractivity contribution in [3.8, 4) is 11.5 Å². The number of carbonyl (C=O) groups excluding carboxylic acids is 1. The van der Waals surface area contributed by atoms with Gasteiger partial charge in [0.2, 0.25) is 0 Å². The van der Waals surface area contributed by atoms with Gasteiger partial charge in [-0.25, -0.2) is 9.78 Å². The number of aromatic amines is 1. The van der Waals surface area contributed by atoms with Gasteiger partial charge in [-0.15, -0.1) is 0 Å². The minimum atomic E-state index is -2.84. The van der Waals surface area contributed by atoms with Gasteiger partial charge in [-0.1, -0.05) is 6.07 Å². The highest BCUT2D eigenvalue weighted by Crippen LogP contribution is 2.30. The van der Waals surface area contributed by atoms with Crippen molar-refractivity contribution < 1.29 is 25.2 Å². The van der Waals surface area contributed by atoms with Crippen LogP contribution >= 0.6 is 0 Å². The summed E-state index contributed by atoms with van der Waals surface area (Å²) in [7, 11) is -5.61. The molecule has 0 saturated carbocycles. The molecule has 8 nitrogen and oxygen atoms in total. The number of benzene rings is 2. The molecule has 3 heterocycles. The van der Waals surface area contributed by atoms with Gasteiger partial charge in [-0.2, -0.15) is 0 Å². The van der Waals surface area contributed by atoms with E-state index in [4.69, 9.17) is 20.4 Å². The van der Waals surface area contributed by atoms with Crippen molar-refractivity contribution in [1.29, 1.82) is 0 Å². The SMILES string of the molecule is [2H]C([2H])([2H])Oc1ccc(OC([2H])([2H])[2H])c(NC(=O)Nc2cccc3c2ccn3C([2H])([2H])c2c[nH]c3ncccc23)c1. The highest BCUT2D eigenvalue weighted by Gasteiger charge is 2.13. The predicted octanol–water partition coefficient (Wildman–Crippen LogP) is 5.23. The van der Waals surface area contributed by atoms with Crippen LogP contribution in [-0.2, 0) is 6.50 Å². The van der Waals surface area contributed by atoms with Crippen LogP contribution in [0.3, 0.4) is 0 Å². The van der Waals surface area contributed by atoms with Gasteiger partial charge in [-0.3, -0.25) is 0 Å². The van der Waals surface area contributed by atoms with Crippen LogP contribution in [0.2, 0.25) is 0 Å². The molecule has 2 aromatic carbocycles. The second-order valence-electron chi connectivity index (χ2n) is 7.08. The zero-order valence-electron chi connectivity index (χ0n) is 25.0. The molecule has 0 bridgehead atoms. The van der Waals surface area contributed by atoms with Crippen LogP contribution < -0.4 is 20.1 Å². The molecule has 0 spiro atoms. The maximum atomic E-state index is 13.0. The number of pyridine rings is 1. The number of H-pyrrole nitrogens is 1. The summed E-state index contributed by atoms with van der Waals surface area (Å²) in [6, 6.07) is 12.9. The Morgan fingerprint density at radius 2 is 2.00 bits per heavy atom. The van der Waals surface area contributed by atoms with Crippen LogP contribution in [0, 0.1) is 0 Å². The van der Waals surface area contributed by atoms with Crippen molar-refractivity contribution in [2.45, 2.75) is 6.50 Å². The topological polar surface area (TPSA) is 93.2 Å². The summed E-state index contributed by atoms with van der Waals surface area (Å²) in [6.45, 7) is -1.98. The number of methoxy groups -OCH3 is 2. The molecule has 166 valence electrons. The summed E-state index contributed by atoms with van der Waals surface area (Å²) in [5, 5.41) is 6.30. The van der Waals surface area contributed by atoms with E-state index in [9.17, 15) is 4.79 Å². The summed E-state index contributed by atoms with van der Waals surface area (Å²) in [5.41, 5.74) is 1.62. The van der Waals surface area contributed by atoms with Crippen LogP contribution in [0.1, 0.15) is 16.5 Å². The Hall–Kier alpha value is -4.46. The standard InChI is InChI=1S/C25H23N5O3/c1-32-17-8-9-23(33-2)21(13-17)29-25(31)28-20-6-3-7-22-19(20)10-12-30(22)15-16-14-27-24-18(16)5-4-11-26-24/h3-14H,15H2,1-2H3,(H,26,27)(H2,28,29,31)/i1D3,2D3,15D2. The van der Waals surface area contributed by atoms with Gasteiger partial charge >= 0.3 is 6.03 Å². The molecule has 8 heteroatoms. The summed E-state index contributed by atoms with van der Waals surface area (Å²) >= 11 is 0. The van der Waals surface area contributed by atoms with Crippen LogP contribution in [-0.4, -0.2) is 34.6 Å². The fraction of sp³-hybridized carbons (Fsp3) is 0.120. The van der Waals surface area contributed by atoms with Gasteiger partial charge in [0.05, 0.1) is 41.9 Å². The van der Waals surface area contributed by atoms with E-state index < -0.39 is 26.6 Å². The highest BCUT2D eigenvalue weighted by molar-refractivity contribution is 6.06. The van der Waals surface area contributed by atoms with Gasteiger partial charge in [0.15, 0.2) is 0 Å². The first-order valence-electron chi connectivity index (χ1n) is 13.8. The van der Waals surface area contributed by atoms with Gasteiger partial charge in [0.1, 0.15) is 17.1 Å². The summed E-state index contributed by atoms with van der Waals surface area (Å²) in [5.74, 6) is -0.379. The lowest BCUT2D eigenvalue weighted by Crippen LogP contribution is -2.20. The van der Waals surface area contributed by atoms with Gasteiger partial charge in [0.25, 0.3) is 0 Å². The molecule has 3 aromatic heterocycles. The molecule has 0 aliphatic carbocycles. The normalized spacial score (nSPS) is 15.8. The van der Waals surface area contributed by atoms with E-state index in [0.717, 1.165) is 6.07 Å². The molecular formula is C25H23N5O3. The molecule has 0 saturated heterocycles.